The van der Waals surface area contributed by atoms with Crippen LogP contribution in [0.25, 0.3) is 0 Å². The monoisotopic (exact) mass is 176 g/mol. The van der Waals surface area contributed by atoms with Gasteiger partial charge in [-0.15, -0.1) is 0 Å². The lowest BCUT2D eigenvalue weighted by atomic mass is 9.93. The molecule has 0 saturated heterocycles. The van der Waals surface area contributed by atoms with Gasteiger partial charge in [0.1, 0.15) is 0 Å². The van der Waals surface area contributed by atoms with Crippen LogP contribution >= 0.6 is 0 Å². The van der Waals surface area contributed by atoms with Crippen molar-refractivity contribution in [3.8, 4) is 6.07 Å². The summed E-state index contributed by atoms with van der Waals surface area (Å²) in [5.41, 5.74) is 1.07. The number of hydrogen-bond donors (Lipinski definition) is 1. The van der Waals surface area contributed by atoms with Gasteiger partial charge in [0, 0.05) is 11.3 Å². The van der Waals surface area contributed by atoms with E-state index < -0.39 is 0 Å². The van der Waals surface area contributed by atoms with E-state index in [0.29, 0.717) is 11.3 Å². The number of allylic oxidation sites excluding steroid dienone is 4. The maximum absolute atomic E-state index is 8.76. The highest BCUT2D eigenvalue weighted by Crippen LogP contribution is 2.17. The molecule has 0 aromatic carbocycles. The minimum absolute atomic E-state index is 0.00529. The molecule has 0 heterocycles. The molecule has 0 aliphatic rings. The smallest absolute Gasteiger partial charge is 0.0988 e. The lowest BCUT2D eigenvalue weighted by Gasteiger charge is -2.11. The highest BCUT2D eigenvalue weighted by atomic mass is 14.4. The van der Waals surface area contributed by atoms with Crippen LogP contribution in [0, 0.1) is 22.2 Å². The summed E-state index contributed by atoms with van der Waals surface area (Å²) < 4.78 is 0. The van der Waals surface area contributed by atoms with Crippen molar-refractivity contribution >= 4 is 5.71 Å². The molecule has 0 saturated carbocycles. The van der Waals surface area contributed by atoms with E-state index in [4.69, 9.17) is 10.7 Å². The van der Waals surface area contributed by atoms with Crippen molar-refractivity contribution in [1.82, 2.24) is 0 Å². The topological polar surface area (TPSA) is 47.6 Å². The van der Waals surface area contributed by atoms with Crippen LogP contribution < -0.4 is 0 Å². The maximum atomic E-state index is 8.76. The SMILES string of the molecule is CC(=N)/C=C\C(C#N)=C\C(C)(C)C. The first-order valence-corrected chi connectivity index (χ1v) is 4.21. The molecule has 0 spiro atoms. The molecule has 0 amide bonds. The number of rotatable bonds is 2. The predicted molar refractivity (Wildman–Crippen MR) is 55.7 cm³/mol. The lowest BCUT2D eigenvalue weighted by Crippen LogP contribution is -2.00. The second kappa shape index (κ2) is 4.61. The molecule has 0 unspecified atom stereocenters. The van der Waals surface area contributed by atoms with E-state index in [-0.39, 0.29) is 5.41 Å². The van der Waals surface area contributed by atoms with Crippen LogP contribution in [-0.2, 0) is 0 Å². The third-order valence-electron chi connectivity index (χ3n) is 1.23. The first kappa shape index (κ1) is 11.6. The Kier molecular flexibility index (Phi) is 4.13. The van der Waals surface area contributed by atoms with Gasteiger partial charge in [0.2, 0.25) is 0 Å². The Bertz CT molecular complexity index is 282. The van der Waals surface area contributed by atoms with Crippen LogP contribution in [0.1, 0.15) is 27.7 Å². The van der Waals surface area contributed by atoms with Gasteiger partial charge in [0.15, 0.2) is 0 Å². The van der Waals surface area contributed by atoms with Gasteiger partial charge in [-0.25, -0.2) is 0 Å². The van der Waals surface area contributed by atoms with Gasteiger partial charge in [0.25, 0.3) is 0 Å². The van der Waals surface area contributed by atoms with E-state index in [0.717, 1.165) is 0 Å². The molecular formula is C11H16N2. The highest BCUT2D eigenvalue weighted by molar-refractivity contribution is 5.90. The molecule has 0 radical (unpaired) electrons. The van der Waals surface area contributed by atoms with Crippen LogP contribution in [-0.4, -0.2) is 5.71 Å². The molecule has 2 heteroatoms. The average Bonchev–Trinajstić information content (AvgIpc) is 1.95. The highest BCUT2D eigenvalue weighted by Gasteiger charge is 2.06. The Morgan fingerprint density at radius 3 is 2.15 bits per heavy atom. The van der Waals surface area contributed by atoms with Gasteiger partial charge >= 0.3 is 0 Å². The molecule has 0 aromatic rings. The van der Waals surface area contributed by atoms with E-state index in [2.05, 4.69) is 6.07 Å². The molecule has 0 bridgehead atoms. The largest absolute Gasteiger partial charge is 0.306 e. The van der Waals surface area contributed by atoms with E-state index >= 15 is 0 Å². The summed E-state index contributed by atoms with van der Waals surface area (Å²) in [4.78, 5) is 0. The first-order valence-electron chi connectivity index (χ1n) is 4.21. The minimum Gasteiger partial charge on any atom is -0.306 e. The zero-order chi connectivity index (χ0) is 10.5. The second-order valence-corrected chi connectivity index (χ2v) is 4.09. The molecule has 70 valence electrons. The van der Waals surface area contributed by atoms with E-state index in [1.54, 1.807) is 19.1 Å². The molecule has 0 aliphatic heterocycles. The Hall–Kier alpha value is -1.36. The van der Waals surface area contributed by atoms with Gasteiger partial charge in [-0.05, 0) is 24.5 Å². The number of hydrogen-bond acceptors (Lipinski definition) is 2. The van der Waals surface area contributed by atoms with Crippen molar-refractivity contribution in [2.45, 2.75) is 27.7 Å². The number of nitrogens with zero attached hydrogens (tertiary/aromatic N) is 1. The van der Waals surface area contributed by atoms with E-state index in [1.165, 1.54) is 0 Å². The third-order valence-corrected chi connectivity index (χ3v) is 1.23. The van der Waals surface area contributed by atoms with Crippen LogP contribution in [0.2, 0.25) is 0 Å². The van der Waals surface area contributed by atoms with Crippen molar-refractivity contribution < 1.29 is 0 Å². The number of nitriles is 1. The average molecular weight is 176 g/mol. The van der Waals surface area contributed by atoms with Gasteiger partial charge < -0.3 is 5.41 Å². The summed E-state index contributed by atoms with van der Waals surface area (Å²) in [7, 11) is 0. The second-order valence-electron chi connectivity index (χ2n) is 4.09. The van der Waals surface area contributed by atoms with Gasteiger partial charge in [-0.3, -0.25) is 0 Å². The first-order chi connectivity index (χ1) is 5.85. The normalized spacial score (nSPS) is 13.0. The van der Waals surface area contributed by atoms with Crippen molar-refractivity contribution in [3.05, 3.63) is 23.8 Å². The molecule has 2 nitrogen and oxygen atoms in total. The summed E-state index contributed by atoms with van der Waals surface area (Å²) in [5.74, 6) is 0. The van der Waals surface area contributed by atoms with Crippen molar-refractivity contribution in [2.75, 3.05) is 0 Å². The number of nitrogens with one attached hydrogen (secondary N) is 1. The van der Waals surface area contributed by atoms with Crippen molar-refractivity contribution in [3.63, 3.8) is 0 Å². The van der Waals surface area contributed by atoms with E-state index in [9.17, 15) is 0 Å². The molecule has 1 N–H and O–H groups in total. The Morgan fingerprint density at radius 1 is 1.31 bits per heavy atom. The van der Waals surface area contributed by atoms with Crippen LogP contribution in [0.5, 0.6) is 0 Å². The molecule has 0 aliphatic carbocycles. The summed E-state index contributed by atoms with van der Waals surface area (Å²) in [6.07, 6.45) is 5.20. The molecule has 13 heavy (non-hydrogen) atoms. The molecule has 0 rings (SSSR count). The van der Waals surface area contributed by atoms with Gasteiger partial charge in [0.05, 0.1) is 6.07 Å². The molecular weight excluding hydrogens is 160 g/mol. The van der Waals surface area contributed by atoms with Gasteiger partial charge in [-0.2, -0.15) is 5.26 Å². The summed E-state index contributed by atoms with van der Waals surface area (Å²) in [6, 6.07) is 2.09. The molecule has 0 aromatic heterocycles. The van der Waals surface area contributed by atoms with Gasteiger partial charge in [-0.1, -0.05) is 26.8 Å². The lowest BCUT2D eigenvalue weighted by molar-refractivity contribution is 0.542. The summed E-state index contributed by atoms with van der Waals surface area (Å²) in [5, 5.41) is 15.9. The molecule has 0 fully saturated rings. The van der Waals surface area contributed by atoms with E-state index in [1.807, 2.05) is 26.8 Å². The Morgan fingerprint density at radius 2 is 1.85 bits per heavy atom. The Labute approximate surface area is 80.1 Å². The Balaban J connectivity index is 4.66. The summed E-state index contributed by atoms with van der Waals surface area (Å²) in [6.45, 7) is 7.79. The predicted octanol–water partition coefficient (Wildman–Crippen LogP) is 3.08. The minimum atomic E-state index is 0.00529. The van der Waals surface area contributed by atoms with Crippen LogP contribution in [0.15, 0.2) is 23.8 Å². The zero-order valence-corrected chi connectivity index (χ0v) is 8.68. The maximum Gasteiger partial charge on any atom is 0.0988 e. The standard InChI is InChI=1S/C11H16N2/c1-9(13)5-6-10(8-12)7-11(2,3)4/h5-7,13H,1-4H3/b6-5-,10-7-,13-9?. The van der Waals surface area contributed by atoms with Crippen LogP contribution in [0.3, 0.4) is 0 Å². The fraction of sp³-hybridized carbons (Fsp3) is 0.455. The van der Waals surface area contributed by atoms with Crippen LogP contribution in [0.4, 0.5) is 0 Å². The summed E-state index contributed by atoms with van der Waals surface area (Å²) >= 11 is 0. The molecule has 0 atom stereocenters. The zero-order valence-electron chi connectivity index (χ0n) is 8.68. The van der Waals surface area contributed by atoms with Crippen molar-refractivity contribution in [1.29, 1.82) is 10.7 Å². The quantitative estimate of drug-likeness (QED) is 0.392. The fourth-order valence-electron chi connectivity index (χ4n) is 0.799. The van der Waals surface area contributed by atoms with Crippen molar-refractivity contribution in [2.24, 2.45) is 5.41 Å². The third kappa shape index (κ3) is 7.02. The fourth-order valence-corrected chi connectivity index (χ4v) is 0.799.